The molecule has 7 nitrogen and oxygen atoms in total. The Labute approximate surface area is 158 Å². The van der Waals surface area contributed by atoms with Gasteiger partial charge in [-0.25, -0.2) is 0 Å². The largest absolute Gasteiger partial charge is 0.452 e. The molecular formula is C18H27NO6S. The van der Waals surface area contributed by atoms with Gasteiger partial charge < -0.3 is 24.3 Å². The van der Waals surface area contributed by atoms with Crippen LogP contribution in [0.15, 0.2) is 24.3 Å². The maximum absolute atomic E-state index is 11.7. The molecule has 2 unspecified atom stereocenters. The van der Waals surface area contributed by atoms with E-state index in [0.717, 1.165) is 5.75 Å². The molecular weight excluding hydrogens is 358 g/mol. The predicted octanol–water partition coefficient (Wildman–Crippen LogP) is 2.70. The van der Waals surface area contributed by atoms with Gasteiger partial charge in [-0.05, 0) is 37.4 Å². The Bertz CT molecular complexity index is 551. The third-order valence-corrected chi connectivity index (χ3v) is 3.91. The molecule has 1 amide bonds. The number of nitrogens with one attached hydrogen (secondary N) is 1. The number of carbonyl (C=O) groups is 2. The number of rotatable bonds is 12. The number of thioether (sulfide) groups is 1. The van der Waals surface area contributed by atoms with Crippen molar-refractivity contribution >= 4 is 29.3 Å². The van der Waals surface area contributed by atoms with Crippen LogP contribution in [0.25, 0.3) is 0 Å². The first-order valence-electron chi connectivity index (χ1n) is 8.33. The van der Waals surface area contributed by atoms with Gasteiger partial charge in [-0.3, -0.25) is 9.59 Å². The summed E-state index contributed by atoms with van der Waals surface area (Å²) in [5.74, 6) is 0.736. The molecule has 146 valence electrons. The molecule has 1 aromatic carbocycles. The van der Waals surface area contributed by atoms with Crippen molar-refractivity contribution in [3.05, 3.63) is 24.3 Å². The number of methoxy groups -OCH3 is 1. The van der Waals surface area contributed by atoms with E-state index in [2.05, 4.69) is 5.32 Å². The maximum atomic E-state index is 11.7. The van der Waals surface area contributed by atoms with Crippen LogP contribution in [0.1, 0.15) is 20.3 Å². The fraction of sp³-hybridized carbons (Fsp3) is 0.556. The second-order valence-corrected chi connectivity index (χ2v) is 6.33. The highest BCUT2D eigenvalue weighted by molar-refractivity contribution is 7.98. The van der Waals surface area contributed by atoms with Crippen molar-refractivity contribution in [1.82, 2.24) is 0 Å². The lowest BCUT2D eigenvalue weighted by atomic mass is 10.3. The number of benzene rings is 1. The quantitative estimate of drug-likeness (QED) is 0.437. The lowest BCUT2D eigenvalue weighted by molar-refractivity contribution is -0.187. The summed E-state index contributed by atoms with van der Waals surface area (Å²) >= 11 is 1.62. The first-order valence-corrected chi connectivity index (χ1v) is 9.72. The van der Waals surface area contributed by atoms with E-state index < -0.39 is 18.4 Å². The van der Waals surface area contributed by atoms with E-state index in [1.54, 1.807) is 36.0 Å². The number of anilines is 1. The SMILES string of the molecule is CCOCC(OC)C(OC(C)=O)Oc1ccc(NC(=O)CCSC)cc1. The molecule has 26 heavy (non-hydrogen) atoms. The highest BCUT2D eigenvalue weighted by Gasteiger charge is 2.26. The van der Waals surface area contributed by atoms with E-state index >= 15 is 0 Å². The summed E-state index contributed by atoms with van der Waals surface area (Å²) in [4.78, 5) is 23.1. The zero-order valence-electron chi connectivity index (χ0n) is 15.7. The molecule has 1 rings (SSSR count). The van der Waals surface area contributed by atoms with Gasteiger partial charge in [0.1, 0.15) is 5.75 Å². The van der Waals surface area contributed by atoms with Crippen molar-refractivity contribution in [3.63, 3.8) is 0 Å². The first kappa shape index (κ1) is 22.3. The number of amides is 1. The molecule has 1 N–H and O–H groups in total. The number of esters is 1. The van der Waals surface area contributed by atoms with E-state index in [0.29, 0.717) is 24.5 Å². The normalized spacial score (nSPS) is 12.9. The summed E-state index contributed by atoms with van der Waals surface area (Å²) in [5.41, 5.74) is 0.671. The van der Waals surface area contributed by atoms with Gasteiger partial charge in [-0.1, -0.05) is 0 Å². The van der Waals surface area contributed by atoms with Crippen molar-refractivity contribution < 1.29 is 28.5 Å². The second-order valence-electron chi connectivity index (χ2n) is 5.34. The van der Waals surface area contributed by atoms with Crippen LogP contribution in [0.4, 0.5) is 5.69 Å². The molecule has 0 fully saturated rings. The van der Waals surface area contributed by atoms with Gasteiger partial charge in [0.2, 0.25) is 5.91 Å². The van der Waals surface area contributed by atoms with Gasteiger partial charge >= 0.3 is 5.97 Å². The monoisotopic (exact) mass is 385 g/mol. The lowest BCUT2D eigenvalue weighted by Crippen LogP contribution is -2.40. The van der Waals surface area contributed by atoms with E-state index in [4.69, 9.17) is 18.9 Å². The third-order valence-electron chi connectivity index (χ3n) is 3.30. The average Bonchev–Trinajstić information content (AvgIpc) is 2.61. The Morgan fingerprint density at radius 2 is 1.92 bits per heavy atom. The van der Waals surface area contributed by atoms with Crippen LogP contribution in [0.3, 0.4) is 0 Å². The van der Waals surface area contributed by atoms with Crippen LogP contribution in [-0.4, -0.2) is 56.6 Å². The van der Waals surface area contributed by atoms with E-state index in [1.165, 1.54) is 14.0 Å². The summed E-state index contributed by atoms with van der Waals surface area (Å²) in [6, 6.07) is 6.82. The van der Waals surface area contributed by atoms with Gasteiger partial charge in [0.05, 0.1) is 6.61 Å². The Balaban J connectivity index is 2.71. The van der Waals surface area contributed by atoms with Crippen LogP contribution in [0, 0.1) is 0 Å². The van der Waals surface area contributed by atoms with Gasteiger partial charge in [0.25, 0.3) is 6.29 Å². The number of carbonyl (C=O) groups excluding carboxylic acids is 2. The van der Waals surface area contributed by atoms with Gasteiger partial charge in [0.15, 0.2) is 6.10 Å². The Morgan fingerprint density at radius 3 is 2.46 bits per heavy atom. The van der Waals surface area contributed by atoms with Crippen LogP contribution in [-0.2, 0) is 23.8 Å². The molecule has 2 atom stereocenters. The van der Waals surface area contributed by atoms with Crippen molar-refractivity contribution in [2.45, 2.75) is 32.7 Å². The summed E-state index contributed by atoms with van der Waals surface area (Å²) in [6.45, 7) is 3.91. The molecule has 0 radical (unpaired) electrons. The smallest absolute Gasteiger partial charge is 0.305 e. The first-order chi connectivity index (χ1) is 12.5. The summed E-state index contributed by atoms with van der Waals surface area (Å²) in [5, 5.41) is 2.81. The van der Waals surface area contributed by atoms with E-state index in [-0.39, 0.29) is 12.5 Å². The Morgan fingerprint density at radius 1 is 1.23 bits per heavy atom. The van der Waals surface area contributed by atoms with Crippen molar-refractivity contribution in [3.8, 4) is 5.75 Å². The molecule has 8 heteroatoms. The van der Waals surface area contributed by atoms with Crippen molar-refractivity contribution in [1.29, 1.82) is 0 Å². The molecule has 0 aliphatic rings. The summed E-state index contributed by atoms with van der Waals surface area (Å²) in [6.07, 6.45) is 0.911. The second kappa shape index (κ2) is 12.6. The standard InChI is InChI=1S/C18H27NO6S/c1-5-23-12-16(22-3)18(24-13(2)20)25-15-8-6-14(7-9-15)19-17(21)10-11-26-4/h6-9,16,18H,5,10-12H2,1-4H3,(H,19,21). The van der Waals surface area contributed by atoms with Crippen LogP contribution in [0.5, 0.6) is 5.75 Å². The zero-order valence-corrected chi connectivity index (χ0v) is 16.5. The van der Waals surface area contributed by atoms with Crippen molar-refractivity contribution in [2.24, 2.45) is 0 Å². The maximum Gasteiger partial charge on any atom is 0.305 e. The number of ether oxygens (including phenoxy) is 4. The summed E-state index contributed by atoms with van der Waals surface area (Å²) < 4.78 is 21.6. The molecule has 0 bridgehead atoms. The average molecular weight is 385 g/mol. The van der Waals surface area contributed by atoms with Crippen molar-refractivity contribution in [2.75, 3.05) is 37.6 Å². The van der Waals surface area contributed by atoms with E-state index in [9.17, 15) is 9.59 Å². The molecule has 0 heterocycles. The Hall–Kier alpha value is -1.77. The molecule has 1 aromatic rings. The highest BCUT2D eigenvalue weighted by Crippen LogP contribution is 2.19. The van der Waals surface area contributed by atoms with Crippen LogP contribution >= 0.6 is 11.8 Å². The number of hydrogen-bond donors (Lipinski definition) is 1. The van der Waals surface area contributed by atoms with Gasteiger partial charge in [-0.2, -0.15) is 11.8 Å². The third kappa shape index (κ3) is 8.55. The fourth-order valence-corrected chi connectivity index (χ4v) is 2.39. The molecule has 0 saturated carbocycles. The predicted molar refractivity (Wildman–Crippen MR) is 102 cm³/mol. The minimum atomic E-state index is -0.939. The molecule has 0 saturated heterocycles. The Kier molecular flexibility index (Phi) is 10.8. The molecule has 0 spiro atoms. The van der Waals surface area contributed by atoms with Gasteiger partial charge in [0, 0.05) is 38.5 Å². The van der Waals surface area contributed by atoms with E-state index in [1.807, 2.05) is 13.2 Å². The fourth-order valence-electron chi connectivity index (χ4n) is 2.00. The molecule has 0 aliphatic carbocycles. The minimum absolute atomic E-state index is 0.0398. The van der Waals surface area contributed by atoms with Gasteiger partial charge in [-0.15, -0.1) is 0 Å². The molecule has 0 aromatic heterocycles. The molecule has 0 aliphatic heterocycles. The lowest BCUT2D eigenvalue weighted by Gasteiger charge is -2.26. The minimum Gasteiger partial charge on any atom is -0.452 e. The van der Waals surface area contributed by atoms with Crippen LogP contribution < -0.4 is 10.1 Å². The number of hydrogen-bond acceptors (Lipinski definition) is 7. The topological polar surface area (TPSA) is 83.1 Å². The summed E-state index contributed by atoms with van der Waals surface area (Å²) in [7, 11) is 1.50. The van der Waals surface area contributed by atoms with Crippen LogP contribution in [0.2, 0.25) is 0 Å². The highest BCUT2D eigenvalue weighted by atomic mass is 32.2. The zero-order chi connectivity index (χ0) is 19.4.